The van der Waals surface area contributed by atoms with Crippen molar-refractivity contribution in [2.24, 2.45) is 0 Å². The zero-order chi connectivity index (χ0) is 15.2. The quantitative estimate of drug-likeness (QED) is 0.731. The highest BCUT2D eigenvalue weighted by molar-refractivity contribution is 8.93. The summed E-state index contributed by atoms with van der Waals surface area (Å²) in [5.41, 5.74) is 1.31. The van der Waals surface area contributed by atoms with Gasteiger partial charge in [-0.15, -0.1) is 17.0 Å². The van der Waals surface area contributed by atoms with Crippen LogP contribution in [0.15, 0.2) is 52.3 Å². The third kappa shape index (κ3) is 4.93. The summed E-state index contributed by atoms with van der Waals surface area (Å²) in [7, 11) is 7.50. The normalized spacial score (nSPS) is 10.2. The maximum atomic E-state index is 5.47. The molecule has 0 atom stereocenters. The Morgan fingerprint density at radius 3 is 2.32 bits per heavy atom. The van der Waals surface area contributed by atoms with Crippen LogP contribution in [0.5, 0.6) is 11.5 Å². The third-order valence-electron chi connectivity index (χ3n) is 3.05. The average Bonchev–Trinajstić information content (AvgIpc) is 2.49. The lowest BCUT2D eigenvalue weighted by molar-refractivity contribution is 0.387. The van der Waals surface area contributed by atoms with Gasteiger partial charge in [0, 0.05) is 17.5 Å². The first-order valence-corrected chi connectivity index (χ1v) is 7.58. The van der Waals surface area contributed by atoms with Crippen LogP contribution < -0.4 is 9.47 Å². The number of methoxy groups -OCH3 is 2. The van der Waals surface area contributed by atoms with Gasteiger partial charge in [0.2, 0.25) is 0 Å². The molecule has 0 aliphatic carbocycles. The van der Waals surface area contributed by atoms with Crippen LogP contribution in [0.25, 0.3) is 0 Å². The molecule has 0 N–H and O–H groups in total. The molecule has 0 unspecified atom stereocenters. The van der Waals surface area contributed by atoms with Crippen molar-refractivity contribution in [1.82, 2.24) is 4.90 Å². The van der Waals surface area contributed by atoms with Crippen LogP contribution in [0, 0.1) is 0 Å². The summed E-state index contributed by atoms with van der Waals surface area (Å²) in [4.78, 5) is 4.50. The highest BCUT2D eigenvalue weighted by Crippen LogP contribution is 2.38. The summed E-state index contributed by atoms with van der Waals surface area (Å²) in [5, 5.41) is 0. The van der Waals surface area contributed by atoms with Gasteiger partial charge in [-0.2, -0.15) is 0 Å². The van der Waals surface area contributed by atoms with E-state index in [1.165, 1.54) is 10.5 Å². The molecule has 0 heterocycles. The van der Waals surface area contributed by atoms with Crippen molar-refractivity contribution in [3.8, 4) is 11.5 Å². The van der Waals surface area contributed by atoms with Crippen LogP contribution in [-0.4, -0.2) is 33.2 Å². The minimum atomic E-state index is 0. The van der Waals surface area contributed by atoms with E-state index in [1.54, 1.807) is 26.0 Å². The second-order valence-electron chi connectivity index (χ2n) is 4.96. The fraction of sp³-hybridized carbons (Fsp3) is 0.294. The Hall–Kier alpha value is -1.17. The second-order valence-corrected chi connectivity index (χ2v) is 6.05. The monoisotopic (exact) mass is 383 g/mol. The van der Waals surface area contributed by atoms with E-state index < -0.39 is 0 Å². The molecule has 0 amide bonds. The van der Waals surface area contributed by atoms with Crippen molar-refractivity contribution in [3.63, 3.8) is 0 Å². The molecule has 0 saturated heterocycles. The number of halogens is 1. The summed E-state index contributed by atoms with van der Waals surface area (Å²) in [5.74, 6) is 1.64. The van der Waals surface area contributed by atoms with E-state index in [0.717, 1.165) is 22.9 Å². The van der Waals surface area contributed by atoms with Crippen LogP contribution in [0.4, 0.5) is 0 Å². The molecule has 2 aromatic carbocycles. The van der Waals surface area contributed by atoms with Gasteiger partial charge in [-0.05, 0) is 37.9 Å². The van der Waals surface area contributed by atoms with Crippen molar-refractivity contribution in [1.29, 1.82) is 0 Å². The zero-order valence-electron chi connectivity index (χ0n) is 13.3. The topological polar surface area (TPSA) is 21.7 Å². The van der Waals surface area contributed by atoms with Crippen LogP contribution >= 0.6 is 28.7 Å². The Bertz CT molecular complexity index is 605. The SMILES string of the molecule is Br.COc1ccc(Sc2ccccc2CN(C)C)c(OC)c1. The molecule has 0 spiro atoms. The van der Waals surface area contributed by atoms with E-state index >= 15 is 0 Å². The van der Waals surface area contributed by atoms with E-state index in [2.05, 4.69) is 43.3 Å². The molecule has 0 radical (unpaired) electrons. The minimum absolute atomic E-state index is 0. The maximum Gasteiger partial charge on any atom is 0.136 e. The minimum Gasteiger partial charge on any atom is -0.497 e. The van der Waals surface area contributed by atoms with E-state index in [4.69, 9.17) is 9.47 Å². The van der Waals surface area contributed by atoms with Crippen molar-refractivity contribution in [2.45, 2.75) is 16.3 Å². The zero-order valence-corrected chi connectivity index (χ0v) is 15.9. The Morgan fingerprint density at radius 1 is 0.955 bits per heavy atom. The Labute approximate surface area is 147 Å². The van der Waals surface area contributed by atoms with E-state index in [9.17, 15) is 0 Å². The summed E-state index contributed by atoms with van der Waals surface area (Å²) in [6, 6.07) is 14.4. The molecule has 0 aromatic heterocycles. The number of ether oxygens (including phenoxy) is 2. The van der Waals surface area contributed by atoms with Crippen molar-refractivity contribution in [2.75, 3.05) is 28.3 Å². The first kappa shape index (κ1) is 18.9. The molecule has 0 aliphatic rings. The molecule has 22 heavy (non-hydrogen) atoms. The second kappa shape index (κ2) is 9.08. The Kier molecular flexibility index (Phi) is 7.79. The molecule has 0 aliphatic heterocycles. The Morgan fingerprint density at radius 2 is 1.68 bits per heavy atom. The predicted molar refractivity (Wildman–Crippen MR) is 97.8 cm³/mol. The number of hydrogen-bond donors (Lipinski definition) is 0. The van der Waals surface area contributed by atoms with Crippen molar-refractivity contribution >= 4 is 28.7 Å². The van der Waals surface area contributed by atoms with Crippen LogP contribution in [0.2, 0.25) is 0 Å². The Balaban J connectivity index is 0.00000242. The van der Waals surface area contributed by atoms with Crippen LogP contribution in [-0.2, 0) is 6.54 Å². The smallest absolute Gasteiger partial charge is 0.136 e. The summed E-state index contributed by atoms with van der Waals surface area (Å²) >= 11 is 1.72. The highest BCUT2D eigenvalue weighted by Gasteiger charge is 2.10. The summed E-state index contributed by atoms with van der Waals surface area (Å²) in [6.07, 6.45) is 0. The molecule has 0 fully saturated rings. The molecule has 0 saturated carbocycles. The van der Waals surface area contributed by atoms with Gasteiger partial charge in [0.05, 0.1) is 19.1 Å². The highest BCUT2D eigenvalue weighted by atomic mass is 79.9. The van der Waals surface area contributed by atoms with Gasteiger partial charge >= 0.3 is 0 Å². The fourth-order valence-corrected chi connectivity index (χ4v) is 3.08. The van der Waals surface area contributed by atoms with Crippen molar-refractivity contribution < 1.29 is 9.47 Å². The standard InChI is InChI=1S/C17H21NO2S.BrH/c1-18(2)12-13-7-5-6-8-16(13)21-17-10-9-14(19-3)11-15(17)20-4;/h5-11H,12H2,1-4H3;1H. The first-order valence-electron chi connectivity index (χ1n) is 6.76. The third-order valence-corrected chi connectivity index (χ3v) is 4.23. The van der Waals surface area contributed by atoms with Crippen molar-refractivity contribution in [3.05, 3.63) is 48.0 Å². The van der Waals surface area contributed by atoms with Gasteiger partial charge in [0.15, 0.2) is 0 Å². The van der Waals surface area contributed by atoms with Gasteiger partial charge in [0.25, 0.3) is 0 Å². The van der Waals surface area contributed by atoms with Gasteiger partial charge in [-0.25, -0.2) is 0 Å². The number of rotatable bonds is 6. The molecule has 5 heteroatoms. The van der Waals surface area contributed by atoms with Gasteiger partial charge < -0.3 is 14.4 Å². The van der Waals surface area contributed by atoms with Crippen LogP contribution in [0.1, 0.15) is 5.56 Å². The number of hydrogen-bond acceptors (Lipinski definition) is 4. The van der Waals surface area contributed by atoms with E-state index in [-0.39, 0.29) is 17.0 Å². The molecule has 0 bridgehead atoms. The predicted octanol–water partition coefficient (Wildman–Crippen LogP) is 4.49. The molecule has 120 valence electrons. The van der Waals surface area contributed by atoms with E-state index in [1.807, 2.05) is 18.2 Å². The molecule has 2 aromatic rings. The number of nitrogens with zero attached hydrogens (tertiary/aromatic N) is 1. The maximum absolute atomic E-state index is 5.47. The molecule has 2 rings (SSSR count). The lowest BCUT2D eigenvalue weighted by Crippen LogP contribution is -2.11. The largest absolute Gasteiger partial charge is 0.497 e. The van der Waals surface area contributed by atoms with Gasteiger partial charge in [-0.3, -0.25) is 0 Å². The first-order chi connectivity index (χ1) is 10.1. The lowest BCUT2D eigenvalue weighted by Gasteiger charge is -2.15. The average molecular weight is 384 g/mol. The van der Waals surface area contributed by atoms with E-state index in [0.29, 0.717) is 0 Å². The summed E-state index contributed by atoms with van der Waals surface area (Å²) < 4.78 is 10.7. The molecular formula is C17H22BrNO2S. The lowest BCUT2D eigenvalue weighted by atomic mass is 10.2. The van der Waals surface area contributed by atoms with Gasteiger partial charge in [0.1, 0.15) is 11.5 Å². The molecular weight excluding hydrogens is 362 g/mol. The summed E-state index contributed by atoms with van der Waals surface area (Å²) in [6.45, 7) is 0.918. The molecule has 3 nitrogen and oxygen atoms in total. The van der Waals surface area contributed by atoms with Crippen LogP contribution in [0.3, 0.4) is 0 Å². The number of benzene rings is 2. The fourth-order valence-electron chi connectivity index (χ4n) is 2.05. The van der Waals surface area contributed by atoms with Gasteiger partial charge in [-0.1, -0.05) is 30.0 Å².